The van der Waals surface area contributed by atoms with Crippen LogP contribution in [0.4, 0.5) is 4.39 Å². The number of unbranched alkanes of at least 4 members (excludes halogenated alkanes) is 1. The van der Waals surface area contributed by atoms with Gasteiger partial charge in [0.1, 0.15) is 5.82 Å². The number of carbonyl (C=O) groups is 1. The highest BCUT2D eigenvalue weighted by Crippen LogP contribution is 2.25. The molecule has 1 heterocycles. The van der Waals surface area contributed by atoms with Crippen LogP contribution in [0.5, 0.6) is 0 Å². The normalized spacial score (nSPS) is 17.6. The number of carbonyl (C=O) groups excluding carboxylic acids is 1. The Kier molecular flexibility index (Phi) is 10.7. The van der Waals surface area contributed by atoms with E-state index in [0.717, 1.165) is 49.8 Å². The molecule has 1 fully saturated rings. The fraction of sp³-hybridized carbons (Fsp3) is 0.552. The minimum atomic E-state index is -0.577. The van der Waals surface area contributed by atoms with E-state index in [2.05, 4.69) is 17.0 Å². The summed E-state index contributed by atoms with van der Waals surface area (Å²) in [7, 11) is 0. The van der Waals surface area contributed by atoms with Gasteiger partial charge in [-0.2, -0.15) is 0 Å². The number of rotatable bonds is 14. The zero-order valence-electron chi connectivity index (χ0n) is 21.3. The van der Waals surface area contributed by atoms with Crippen LogP contribution in [0.2, 0.25) is 0 Å². The molecular formula is C29H40FNO4. The second kappa shape index (κ2) is 13.7. The molecule has 6 heteroatoms. The molecule has 1 aliphatic rings. The molecule has 192 valence electrons. The topological polar surface area (TPSA) is 59.0 Å². The van der Waals surface area contributed by atoms with Crippen LogP contribution in [0, 0.1) is 12.7 Å². The van der Waals surface area contributed by atoms with Crippen LogP contribution in [0.15, 0.2) is 42.5 Å². The number of halogens is 1. The summed E-state index contributed by atoms with van der Waals surface area (Å²) in [5.74, 6) is -0.294. The van der Waals surface area contributed by atoms with Crippen LogP contribution < -0.4 is 0 Å². The third-order valence-corrected chi connectivity index (χ3v) is 6.83. The van der Waals surface area contributed by atoms with Gasteiger partial charge in [-0.25, -0.2) is 4.39 Å². The van der Waals surface area contributed by atoms with Crippen LogP contribution in [-0.4, -0.2) is 54.4 Å². The summed E-state index contributed by atoms with van der Waals surface area (Å²) in [6.45, 7) is 7.80. The van der Waals surface area contributed by atoms with Gasteiger partial charge in [0, 0.05) is 25.6 Å². The molecule has 0 aliphatic carbocycles. The van der Waals surface area contributed by atoms with Crippen LogP contribution in [0.1, 0.15) is 67.9 Å². The second-order valence-electron chi connectivity index (χ2n) is 9.57. The van der Waals surface area contributed by atoms with Crippen molar-refractivity contribution in [3.8, 4) is 0 Å². The van der Waals surface area contributed by atoms with Crippen LogP contribution in [-0.2, 0) is 27.1 Å². The maximum atomic E-state index is 13.9. The quantitative estimate of drug-likeness (QED) is 0.296. The number of esters is 1. The molecule has 0 amide bonds. The summed E-state index contributed by atoms with van der Waals surface area (Å²) < 4.78 is 24.9. The van der Waals surface area contributed by atoms with Crippen molar-refractivity contribution in [2.24, 2.45) is 0 Å². The third-order valence-electron chi connectivity index (χ3n) is 6.83. The van der Waals surface area contributed by atoms with Crippen LogP contribution in [0.3, 0.4) is 0 Å². The number of benzene rings is 2. The predicted molar refractivity (Wildman–Crippen MR) is 136 cm³/mol. The molecule has 0 bridgehead atoms. The fourth-order valence-corrected chi connectivity index (χ4v) is 4.65. The lowest BCUT2D eigenvalue weighted by Crippen LogP contribution is -2.52. The van der Waals surface area contributed by atoms with Crippen molar-refractivity contribution >= 4 is 5.97 Å². The highest BCUT2D eigenvalue weighted by Gasteiger charge is 2.29. The Labute approximate surface area is 209 Å². The van der Waals surface area contributed by atoms with Gasteiger partial charge in [0.2, 0.25) is 0 Å². The Morgan fingerprint density at radius 3 is 2.74 bits per heavy atom. The van der Waals surface area contributed by atoms with E-state index in [1.807, 2.05) is 38.1 Å². The van der Waals surface area contributed by atoms with E-state index in [4.69, 9.17) is 9.47 Å². The summed E-state index contributed by atoms with van der Waals surface area (Å²) in [4.78, 5) is 13.8. The molecule has 0 aromatic heterocycles. The highest BCUT2D eigenvalue weighted by molar-refractivity contribution is 5.69. The maximum absolute atomic E-state index is 13.9. The largest absolute Gasteiger partial charge is 0.466 e. The average Bonchev–Trinajstić information content (AvgIpc) is 2.84. The van der Waals surface area contributed by atoms with E-state index in [1.165, 1.54) is 5.56 Å². The van der Waals surface area contributed by atoms with E-state index in [0.29, 0.717) is 31.2 Å². The van der Waals surface area contributed by atoms with Gasteiger partial charge in [-0.05, 0) is 81.2 Å². The number of β-amino-alcohol motifs (C(OH)–C–C–N with tert-alkyl or cyclic N) is 1. The Morgan fingerprint density at radius 2 is 2.03 bits per heavy atom. The average molecular weight is 486 g/mol. The van der Waals surface area contributed by atoms with E-state index in [1.54, 1.807) is 13.0 Å². The lowest BCUT2D eigenvalue weighted by molar-refractivity contribution is -0.143. The lowest BCUT2D eigenvalue weighted by Gasteiger charge is -2.42. The van der Waals surface area contributed by atoms with Gasteiger partial charge >= 0.3 is 5.97 Å². The molecule has 3 rings (SSSR count). The number of nitrogens with zero attached hydrogens (tertiary/aromatic N) is 1. The van der Waals surface area contributed by atoms with E-state index < -0.39 is 6.10 Å². The van der Waals surface area contributed by atoms with Crippen molar-refractivity contribution in [1.82, 2.24) is 4.90 Å². The molecule has 35 heavy (non-hydrogen) atoms. The van der Waals surface area contributed by atoms with Crippen molar-refractivity contribution in [1.29, 1.82) is 0 Å². The van der Waals surface area contributed by atoms with Crippen molar-refractivity contribution in [3.05, 3.63) is 70.5 Å². The molecule has 3 atom stereocenters. The molecule has 1 unspecified atom stereocenters. The molecule has 2 aromatic carbocycles. The number of ether oxygens (including phenoxy) is 2. The molecule has 2 aromatic rings. The summed E-state index contributed by atoms with van der Waals surface area (Å²) in [5, 5.41) is 10.6. The summed E-state index contributed by atoms with van der Waals surface area (Å²) in [6.07, 6.45) is 4.18. The monoisotopic (exact) mass is 485 g/mol. The van der Waals surface area contributed by atoms with Crippen molar-refractivity contribution in [2.75, 3.05) is 26.3 Å². The van der Waals surface area contributed by atoms with E-state index in [9.17, 15) is 14.3 Å². The van der Waals surface area contributed by atoms with Crippen molar-refractivity contribution in [2.45, 2.75) is 77.5 Å². The Balaban J connectivity index is 1.42. The number of likely N-dealkylation sites (tertiary alicyclic amines) is 1. The van der Waals surface area contributed by atoms with Crippen LogP contribution >= 0.6 is 0 Å². The number of aliphatic hydroxyl groups is 1. The number of hydrogen-bond donors (Lipinski definition) is 1. The SMILES string of the molecule is CCOC(=O)CCCCc1ccccc1[C@@H](C)OC[C@H](O)CN1CCC1Cc1ccc(C)c(F)c1. The number of aryl methyl sites for hydroxylation is 2. The lowest BCUT2D eigenvalue weighted by atomic mass is 9.94. The molecule has 0 saturated carbocycles. The van der Waals surface area contributed by atoms with E-state index in [-0.39, 0.29) is 24.5 Å². The molecule has 5 nitrogen and oxygen atoms in total. The van der Waals surface area contributed by atoms with Gasteiger partial charge in [0.05, 0.1) is 25.4 Å². The predicted octanol–water partition coefficient (Wildman–Crippen LogP) is 5.17. The minimum Gasteiger partial charge on any atom is -0.466 e. The van der Waals surface area contributed by atoms with Gasteiger partial charge in [-0.3, -0.25) is 9.69 Å². The highest BCUT2D eigenvalue weighted by atomic mass is 19.1. The molecular weight excluding hydrogens is 445 g/mol. The van der Waals surface area contributed by atoms with Crippen molar-refractivity contribution in [3.63, 3.8) is 0 Å². The summed E-state index contributed by atoms with van der Waals surface area (Å²) in [5.41, 5.74) is 4.01. The number of hydrogen-bond acceptors (Lipinski definition) is 5. The summed E-state index contributed by atoms with van der Waals surface area (Å²) >= 11 is 0. The smallest absolute Gasteiger partial charge is 0.305 e. The molecule has 1 saturated heterocycles. The molecule has 1 N–H and O–H groups in total. The van der Waals surface area contributed by atoms with Gasteiger partial charge in [-0.15, -0.1) is 0 Å². The Morgan fingerprint density at radius 1 is 1.23 bits per heavy atom. The van der Waals surface area contributed by atoms with Crippen LogP contribution in [0.25, 0.3) is 0 Å². The molecule has 1 aliphatic heterocycles. The zero-order valence-corrected chi connectivity index (χ0v) is 21.3. The van der Waals surface area contributed by atoms with Gasteiger partial charge < -0.3 is 14.6 Å². The van der Waals surface area contributed by atoms with E-state index >= 15 is 0 Å². The first kappa shape index (κ1) is 27.3. The second-order valence-corrected chi connectivity index (χ2v) is 9.57. The maximum Gasteiger partial charge on any atom is 0.305 e. The first-order valence-electron chi connectivity index (χ1n) is 12.9. The van der Waals surface area contributed by atoms with Gasteiger partial charge in [0.25, 0.3) is 0 Å². The Bertz CT molecular complexity index is 950. The standard InChI is InChI=1S/C29H40FNO4/c1-4-34-29(33)12-8-6-10-24-9-5-7-11-27(24)22(3)35-20-26(32)19-31-16-15-25(31)17-23-14-13-21(2)28(30)18-23/h5,7,9,11,13-14,18,22,25-26,32H,4,6,8,10,12,15-17,19-20H2,1-3H3/t22-,25?,26-/m1/s1. The first-order chi connectivity index (χ1) is 16.9. The molecule has 0 radical (unpaired) electrons. The fourth-order valence-electron chi connectivity index (χ4n) is 4.65. The van der Waals surface area contributed by atoms with Gasteiger partial charge in [0.15, 0.2) is 0 Å². The Hall–Kier alpha value is -2.28. The van der Waals surface area contributed by atoms with Crippen molar-refractivity contribution < 1.29 is 23.8 Å². The third kappa shape index (κ3) is 8.41. The zero-order chi connectivity index (χ0) is 25.2. The minimum absolute atomic E-state index is 0.131. The number of aliphatic hydroxyl groups excluding tert-OH is 1. The summed E-state index contributed by atoms with van der Waals surface area (Å²) in [6, 6.07) is 14.0. The first-order valence-corrected chi connectivity index (χ1v) is 12.9. The molecule has 0 spiro atoms. The van der Waals surface area contributed by atoms with Gasteiger partial charge in [-0.1, -0.05) is 36.4 Å².